The van der Waals surface area contributed by atoms with Gasteiger partial charge < -0.3 is 5.73 Å². The van der Waals surface area contributed by atoms with Gasteiger partial charge in [-0.05, 0) is 22.9 Å². The van der Waals surface area contributed by atoms with Gasteiger partial charge in [-0.1, -0.05) is 0 Å². The molecule has 0 radical (unpaired) electrons. The van der Waals surface area contributed by atoms with Crippen molar-refractivity contribution in [3.05, 3.63) is 22.2 Å². The summed E-state index contributed by atoms with van der Waals surface area (Å²) in [6.45, 7) is 1.74. The highest BCUT2D eigenvalue weighted by Crippen LogP contribution is 2.08. The van der Waals surface area contributed by atoms with Crippen molar-refractivity contribution >= 4 is 21.8 Å². The summed E-state index contributed by atoms with van der Waals surface area (Å²) in [7, 11) is 0. The minimum atomic E-state index is -0.562. The zero-order valence-corrected chi connectivity index (χ0v) is 7.42. The molecule has 0 aliphatic heterocycles. The number of halogens is 1. The summed E-state index contributed by atoms with van der Waals surface area (Å²) in [4.78, 5) is 18.3. The lowest BCUT2D eigenvalue weighted by atomic mass is 10.4. The molecule has 0 bridgehead atoms. The van der Waals surface area contributed by atoms with E-state index in [0.717, 1.165) is 0 Å². The molecule has 58 valence electrons. The van der Waals surface area contributed by atoms with E-state index < -0.39 is 5.91 Å². The molecule has 0 saturated carbocycles. The number of aromatic nitrogens is 2. The Morgan fingerprint density at radius 2 is 2.36 bits per heavy atom. The molecule has 1 amide bonds. The summed E-state index contributed by atoms with van der Waals surface area (Å²) in [6.07, 6.45) is 1.33. The van der Waals surface area contributed by atoms with Crippen LogP contribution in [-0.4, -0.2) is 15.9 Å². The second kappa shape index (κ2) is 2.96. The standard InChI is InChI=1S/C6H6BrN3O/c1-3-5(7)9-2-4(10-3)6(8)11/h2H,1H3,(H2,8,11). The highest BCUT2D eigenvalue weighted by molar-refractivity contribution is 9.10. The second-order valence-corrected chi connectivity index (χ2v) is 2.75. The summed E-state index contributed by atoms with van der Waals surface area (Å²) in [5.74, 6) is -0.562. The lowest BCUT2D eigenvalue weighted by Gasteiger charge is -1.97. The van der Waals surface area contributed by atoms with Crippen molar-refractivity contribution in [1.82, 2.24) is 9.97 Å². The van der Waals surface area contributed by atoms with Crippen molar-refractivity contribution in [3.63, 3.8) is 0 Å². The summed E-state index contributed by atoms with van der Waals surface area (Å²) < 4.78 is 0.627. The molecule has 5 heteroatoms. The van der Waals surface area contributed by atoms with Gasteiger partial charge in [0.05, 0.1) is 11.9 Å². The minimum Gasteiger partial charge on any atom is -0.364 e. The quantitative estimate of drug-likeness (QED) is 0.748. The molecule has 4 nitrogen and oxygen atoms in total. The third-order valence-corrected chi connectivity index (χ3v) is 1.92. The predicted octanol–water partition coefficient (Wildman–Crippen LogP) is 0.646. The molecular weight excluding hydrogens is 210 g/mol. The van der Waals surface area contributed by atoms with Gasteiger partial charge in [-0.25, -0.2) is 9.97 Å². The summed E-state index contributed by atoms with van der Waals surface area (Å²) in [6, 6.07) is 0. The molecule has 1 aromatic rings. The first kappa shape index (κ1) is 8.13. The number of nitrogens with zero attached hydrogens (tertiary/aromatic N) is 2. The van der Waals surface area contributed by atoms with Gasteiger partial charge in [0.1, 0.15) is 10.3 Å². The van der Waals surface area contributed by atoms with Crippen LogP contribution < -0.4 is 5.73 Å². The SMILES string of the molecule is Cc1nc(C(N)=O)cnc1Br. The molecule has 0 saturated heterocycles. The lowest BCUT2D eigenvalue weighted by Crippen LogP contribution is -2.14. The number of rotatable bonds is 1. The molecule has 0 aromatic carbocycles. The Morgan fingerprint density at radius 3 is 2.82 bits per heavy atom. The number of hydrogen-bond donors (Lipinski definition) is 1. The lowest BCUT2D eigenvalue weighted by molar-refractivity contribution is 0.0995. The van der Waals surface area contributed by atoms with Crippen molar-refractivity contribution in [2.45, 2.75) is 6.92 Å². The Morgan fingerprint density at radius 1 is 1.73 bits per heavy atom. The predicted molar refractivity (Wildman–Crippen MR) is 43.0 cm³/mol. The monoisotopic (exact) mass is 215 g/mol. The molecule has 1 heterocycles. The topological polar surface area (TPSA) is 68.9 Å². The van der Waals surface area contributed by atoms with E-state index in [1.54, 1.807) is 6.92 Å². The maximum Gasteiger partial charge on any atom is 0.268 e. The number of carbonyl (C=O) groups excluding carboxylic acids is 1. The van der Waals surface area contributed by atoms with Crippen molar-refractivity contribution in [2.24, 2.45) is 5.73 Å². The average molecular weight is 216 g/mol. The van der Waals surface area contributed by atoms with Crippen molar-refractivity contribution < 1.29 is 4.79 Å². The van der Waals surface area contributed by atoms with Gasteiger partial charge in [0.25, 0.3) is 5.91 Å². The summed E-state index contributed by atoms with van der Waals surface area (Å²) in [5.41, 5.74) is 5.82. The van der Waals surface area contributed by atoms with Crippen LogP contribution in [0.2, 0.25) is 0 Å². The zero-order valence-electron chi connectivity index (χ0n) is 5.84. The molecule has 0 fully saturated rings. The van der Waals surface area contributed by atoms with Gasteiger partial charge in [0.15, 0.2) is 0 Å². The highest BCUT2D eigenvalue weighted by atomic mass is 79.9. The van der Waals surface area contributed by atoms with Gasteiger partial charge >= 0.3 is 0 Å². The number of carbonyl (C=O) groups is 1. The Hall–Kier alpha value is -0.970. The molecule has 1 rings (SSSR count). The van der Waals surface area contributed by atoms with Crippen LogP contribution in [-0.2, 0) is 0 Å². The molecular formula is C6H6BrN3O. The maximum absolute atomic E-state index is 10.6. The summed E-state index contributed by atoms with van der Waals surface area (Å²) >= 11 is 3.15. The number of nitrogens with two attached hydrogens (primary N) is 1. The number of aryl methyl sites for hydroxylation is 1. The largest absolute Gasteiger partial charge is 0.364 e. The van der Waals surface area contributed by atoms with Crippen LogP contribution in [0.4, 0.5) is 0 Å². The molecule has 0 aliphatic carbocycles. The first-order chi connectivity index (χ1) is 5.11. The van der Waals surface area contributed by atoms with Crippen LogP contribution in [0.1, 0.15) is 16.2 Å². The second-order valence-electron chi connectivity index (χ2n) is 2.00. The van der Waals surface area contributed by atoms with Crippen molar-refractivity contribution in [1.29, 1.82) is 0 Å². The van der Waals surface area contributed by atoms with E-state index in [-0.39, 0.29) is 5.69 Å². The van der Waals surface area contributed by atoms with Crippen molar-refractivity contribution in [3.8, 4) is 0 Å². The number of primary amides is 1. The van der Waals surface area contributed by atoms with E-state index in [2.05, 4.69) is 25.9 Å². The van der Waals surface area contributed by atoms with Crippen LogP contribution in [0.15, 0.2) is 10.8 Å². The minimum absolute atomic E-state index is 0.186. The van der Waals surface area contributed by atoms with Crippen LogP contribution in [0, 0.1) is 6.92 Å². The molecule has 2 N–H and O–H groups in total. The number of amides is 1. The fraction of sp³-hybridized carbons (Fsp3) is 0.167. The van der Waals surface area contributed by atoms with E-state index in [1.165, 1.54) is 6.20 Å². The third kappa shape index (κ3) is 1.74. The Labute approximate surface area is 72.0 Å². The first-order valence-corrected chi connectivity index (χ1v) is 3.69. The Balaban J connectivity index is 3.15. The van der Waals surface area contributed by atoms with Crippen LogP contribution in [0.3, 0.4) is 0 Å². The number of hydrogen-bond acceptors (Lipinski definition) is 3. The Bertz CT molecular complexity index is 300. The summed E-state index contributed by atoms with van der Waals surface area (Å²) in [5, 5.41) is 0. The smallest absolute Gasteiger partial charge is 0.268 e. The van der Waals surface area contributed by atoms with Gasteiger partial charge in [0, 0.05) is 0 Å². The maximum atomic E-state index is 10.6. The average Bonchev–Trinajstić information content (AvgIpc) is 1.94. The fourth-order valence-corrected chi connectivity index (χ4v) is 0.777. The first-order valence-electron chi connectivity index (χ1n) is 2.90. The van der Waals surface area contributed by atoms with Gasteiger partial charge in [-0.15, -0.1) is 0 Å². The zero-order chi connectivity index (χ0) is 8.43. The van der Waals surface area contributed by atoms with E-state index in [4.69, 9.17) is 5.73 Å². The van der Waals surface area contributed by atoms with E-state index in [9.17, 15) is 4.79 Å². The van der Waals surface area contributed by atoms with Crippen LogP contribution in [0.25, 0.3) is 0 Å². The van der Waals surface area contributed by atoms with Crippen LogP contribution in [0.5, 0.6) is 0 Å². The molecule has 0 unspecified atom stereocenters. The van der Waals surface area contributed by atoms with Crippen LogP contribution >= 0.6 is 15.9 Å². The van der Waals surface area contributed by atoms with E-state index in [1.807, 2.05) is 0 Å². The van der Waals surface area contributed by atoms with Gasteiger partial charge in [-0.2, -0.15) is 0 Å². The third-order valence-electron chi connectivity index (χ3n) is 1.14. The molecule has 11 heavy (non-hydrogen) atoms. The van der Waals surface area contributed by atoms with E-state index in [0.29, 0.717) is 10.3 Å². The molecule has 0 aliphatic rings. The van der Waals surface area contributed by atoms with E-state index >= 15 is 0 Å². The molecule has 0 atom stereocenters. The van der Waals surface area contributed by atoms with Gasteiger partial charge in [-0.3, -0.25) is 4.79 Å². The van der Waals surface area contributed by atoms with Crippen molar-refractivity contribution in [2.75, 3.05) is 0 Å². The van der Waals surface area contributed by atoms with Gasteiger partial charge in [0.2, 0.25) is 0 Å². The molecule has 0 spiro atoms. The molecule has 1 aromatic heterocycles. The normalized spacial score (nSPS) is 9.64. The fourth-order valence-electron chi connectivity index (χ4n) is 0.586. The highest BCUT2D eigenvalue weighted by Gasteiger charge is 2.04. The Kier molecular flexibility index (Phi) is 2.19.